The van der Waals surface area contributed by atoms with Gasteiger partial charge in [0.1, 0.15) is 5.82 Å². The van der Waals surface area contributed by atoms with E-state index in [1.807, 2.05) is 44.5 Å². The third-order valence-corrected chi connectivity index (χ3v) is 4.39. The molecular weight excluding hydrogens is 316 g/mol. The van der Waals surface area contributed by atoms with Crippen molar-refractivity contribution in [1.29, 1.82) is 0 Å². The lowest BCUT2D eigenvalue weighted by Gasteiger charge is -2.16. The van der Waals surface area contributed by atoms with Crippen LogP contribution in [0, 0.1) is 20.8 Å². The number of imidazole rings is 1. The van der Waals surface area contributed by atoms with Crippen LogP contribution in [0.1, 0.15) is 52.6 Å². The molecule has 0 spiro atoms. The monoisotopic (exact) mass is 338 g/mol. The number of hydrogen-bond donors (Lipinski definition) is 0. The van der Waals surface area contributed by atoms with Gasteiger partial charge in [-0.3, -0.25) is 4.79 Å². The molecule has 0 atom stereocenters. The zero-order valence-electron chi connectivity index (χ0n) is 15.3. The van der Waals surface area contributed by atoms with Crippen molar-refractivity contribution in [2.75, 3.05) is 0 Å². The van der Waals surface area contributed by atoms with E-state index in [9.17, 15) is 4.79 Å². The van der Waals surface area contributed by atoms with Gasteiger partial charge in [-0.15, -0.1) is 0 Å². The molecule has 0 aliphatic rings. The van der Waals surface area contributed by atoms with Gasteiger partial charge in [-0.25, -0.2) is 4.98 Å². The molecule has 0 radical (unpaired) electrons. The van der Waals surface area contributed by atoms with Crippen molar-refractivity contribution in [3.63, 3.8) is 0 Å². The van der Waals surface area contributed by atoms with Crippen LogP contribution in [0.4, 0.5) is 0 Å². The summed E-state index contributed by atoms with van der Waals surface area (Å²) in [5.41, 5.74) is 4.80. The quantitative estimate of drug-likeness (QED) is 0.664. The van der Waals surface area contributed by atoms with Crippen molar-refractivity contribution < 1.29 is 9.32 Å². The summed E-state index contributed by atoms with van der Waals surface area (Å²) < 4.78 is 7.17. The number of benzene rings is 1. The fraction of sp³-hybridized carbons (Fsp3) is 0.368. The van der Waals surface area contributed by atoms with Crippen LogP contribution in [0.25, 0.3) is 11.4 Å². The largest absolute Gasteiger partial charge is 0.339 e. The number of ketones is 1. The number of Topliss-reactive ketones (excluding diaryl/α,β-unsaturated/α-hetero) is 1. The number of nitrogens with zero attached hydrogens (tertiary/aromatic N) is 4. The first-order valence-corrected chi connectivity index (χ1v) is 8.37. The second-order valence-corrected chi connectivity index (χ2v) is 6.28. The number of hydrogen-bond acceptors (Lipinski definition) is 5. The Morgan fingerprint density at radius 3 is 2.64 bits per heavy atom. The van der Waals surface area contributed by atoms with Crippen molar-refractivity contribution in [2.45, 2.75) is 47.6 Å². The molecule has 1 aromatic carbocycles. The molecule has 3 rings (SSSR count). The number of rotatable bonds is 5. The van der Waals surface area contributed by atoms with Gasteiger partial charge < -0.3 is 9.09 Å². The van der Waals surface area contributed by atoms with Crippen molar-refractivity contribution in [3.05, 3.63) is 52.4 Å². The molecule has 3 aromatic rings. The molecule has 2 heterocycles. The Balaban J connectivity index is 2.08. The molecular formula is C19H22N4O2. The minimum absolute atomic E-state index is 0.0695. The first kappa shape index (κ1) is 17.1. The highest BCUT2D eigenvalue weighted by Crippen LogP contribution is 2.31. The van der Waals surface area contributed by atoms with Gasteiger partial charge in [-0.2, -0.15) is 4.98 Å². The van der Waals surface area contributed by atoms with Crippen LogP contribution in [0.5, 0.6) is 0 Å². The van der Waals surface area contributed by atoms with Crippen LogP contribution in [0.2, 0.25) is 0 Å². The minimum atomic E-state index is 0.0695. The van der Waals surface area contributed by atoms with Gasteiger partial charge in [-0.05, 0) is 44.4 Å². The molecule has 0 amide bonds. The Kier molecular flexibility index (Phi) is 4.53. The highest BCUT2D eigenvalue weighted by atomic mass is 16.5. The number of carbonyl (C=O) groups excluding carboxylic acids is 1. The van der Waals surface area contributed by atoms with Crippen molar-refractivity contribution in [3.8, 4) is 11.4 Å². The van der Waals surface area contributed by atoms with E-state index >= 15 is 0 Å². The van der Waals surface area contributed by atoms with Gasteiger partial charge >= 0.3 is 0 Å². The SMILES string of the molecule is CCc1nc(Cn2ccnc2-c2c(C)cc(C)c(C(C)=O)c2C)no1. The van der Waals surface area contributed by atoms with Gasteiger partial charge in [0, 0.05) is 29.9 Å². The van der Waals surface area contributed by atoms with E-state index in [2.05, 4.69) is 15.1 Å². The van der Waals surface area contributed by atoms with Gasteiger partial charge in [0.15, 0.2) is 11.6 Å². The summed E-state index contributed by atoms with van der Waals surface area (Å²) in [4.78, 5) is 21.0. The summed E-state index contributed by atoms with van der Waals surface area (Å²) >= 11 is 0. The molecule has 0 aliphatic carbocycles. The second kappa shape index (κ2) is 6.63. The molecule has 0 N–H and O–H groups in total. The first-order chi connectivity index (χ1) is 11.9. The number of aromatic nitrogens is 4. The second-order valence-electron chi connectivity index (χ2n) is 6.28. The average molecular weight is 338 g/mol. The predicted molar refractivity (Wildman–Crippen MR) is 94.7 cm³/mol. The molecule has 0 saturated heterocycles. The number of carbonyl (C=O) groups is 1. The molecule has 25 heavy (non-hydrogen) atoms. The number of aryl methyl sites for hydroxylation is 3. The van der Waals surface area contributed by atoms with E-state index in [0.29, 0.717) is 24.7 Å². The van der Waals surface area contributed by atoms with E-state index in [4.69, 9.17) is 4.52 Å². The Morgan fingerprint density at radius 2 is 2.00 bits per heavy atom. The minimum Gasteiger partial charge on any atom is -0.339 e. The van der Waals surface area contributed by atoms with Gasteiger partial charge in [0.05, 0.1) is 6.54 Å². The Labute approximate surface area is 146 Å². The zero-order valence-corrected chi connectivity index (χ0v) is 15.3. The van der Waals surface area contributed by atoms with Crippen molar-refractivity contribution in [2.24, 2.45) is 0 Å². The molecule has 0 bridgehead atoms. The molecule has 0 saturated carbocycles. The Bertz CT molecular complexity index is 937. The summed E-state index contributed by atoms with van der Waals surface area (Å²) in [5.74, 6) is 2.11. The third kappa shape index (κ3) is 3.12. The van der Waals surface area contributed by atoms with Crippen LogP contribution in [-0.2, 0) is 13.0 Å². The molecule has 0 aliphatic heterocycles. The molecule has 2 aromatic heterocycles. The first-order valence-electron chi connectivity index (χ1n) is 8.37. The van der Waals surface area contributed by atoms with Crippen LogP contribution in [0.15, 0.2) is 23.0 Å². The van der Waals surface area contributed by atoms with Gasteiger partial charge in [0.25, 0.3) is 0 Å². The lowest BCUT2D eigenvalue weighted by molar-refractivity contribution is 0.101. The molecule has 6 nitrogen and oxygen atoms in total. The standard InChI is InChI=1S/C19H22N4O2/c1-6-16-21-15(22-25-16)10-23-8-7-20-19(23)18-12(3)9-11(2)17(13(18)4)14(5)24/h7-9H,6,10H2,1-5H3. The maximum absolute atomic E-state index is 12.1. The van der Waals surface area contributed by atoms with Gasteiger partial charge in [0.2, 0.25) is 5.89 Å². The average Bonchev–Trinajstić information content (AvgIpc) is 3.16. The van der Waals surface area contributed by atoms with Crippen LogP contribution in [-0.4, -0.2) is 25.5 Å². The normalized spacial score (nSPS) is 11.1. The summed E-state index contributed by atoms with van der Waals surface area (Å²) in [6.45, 7) is 10.0. The molecule has 0 fully saturated rings. The molecule has 0 unspecified atom stereocenters. The van der Waals surface area contributed by atoms with E-state index < -0.39 is 0 Å². The Hall–Kier alpha value is -2.76. The highest BCUT2D eigenvalue weighted by Gasteiger charge is 2.19. The smallest absolute Gasteiger partial charge is 0.226 e. The summed E-state index contributed by atoms with van der Waals surface area (Å²) in [6.07, 6.45) is 4.35. The van der Waals surface area contributed by atoms with E-state index in [1.165, 1.54) is 0 Å². The molecule has 6 heteroatoms. The van der Waals surface area contributed by atoms with E-state index in [1.54, 1.807) is 13.1 Å². The van der Waals surface area contributed by atoms with Crippen molar-refractivity contribution in [1.82, 2.24) is 19.7 Å². The maximum atomic E-state index is 12.1. The molecule has 130 valence electrons. The maximum Gasteiger partial charge on any atom is 0.226 e. The van der Waals surface area contributed by atoms with Crippen molar-refractivity contribution >= 4 is 5.78 Å². The predicted octanol–water partition coefficient (Wildman–Crippen LogP) is 3.67. The fourth-order valence-corrected chi connectivity index (χ4v) is 3.39. The zero-order chi connectivity index (χ0) is 18.1. The fourth-order valence-electron chi connectivity index (χ4n) is 3.39. The lowest BCUT2D eigenvalue weighted by Crippen LogP contribution is -2.08. The van der Waals surface area contributed by atoms with Crippen LogP contribution < -0.4 is 0 Å². The highest BCUT2D eigenvalue weighted by molar-refractivity contribution is 5.99. The van der Waals surface area contributed by atoms with Crippen LogP contribution in [0.3, 0.4) is 0 Å². The summed E-state index contributed by atoms with van der Waals surface area (Å²) in [7, 11) is 0. The summed E-state index contributed by atoms with van der Waals surface area (Å²) in [5, 5.41) is 4.01. The summed E-state index contributed by atoms with van der Waals surface area (Å²) in [6, 6.07) is 2.04. The van der Waals surface area contributed by atoms with E-state index in [-0.39, 0.29) is 5.78 Å². The van der Waals surface area contributed by atoms with E-state index in [0.717, 1.165) is 33.6 Å². The lowest BCUT2D eigenvalue weighted by atomic mass is 9.91. The Morgan fingerprint density at radius 1 is 1.24 bits per heavy atom. The van der Waals surface area contributed by atoms with Crippen LogP contribution >= 0.6 is 0 Å². The topological polar surface area (TPSA) is 73.8 Å². The third-order valence-electron chi connectivity index (χ3n) is 4.39. The van der Waals surface area contributed by atoms with Gasteiger partial charge in [-0.1, -0.05) is 18.1 Å².